The molecule has 0 fully saturated rings. The summed E-state index contributed by atoms with van der Waals surface area (Å²) in [5.41, 5.74) is 4.58. The van der Waals surface area contributed by atoms with E-state index >= 15 is 0 Å². The van der Waals surface area contributed by atoms with Crippen molar-refractivity contribution >= 4 is 5.84 Å². The Balaban J connectivity index is 2.80. The number of nitrogens with one attached hydrogen (secondary N) is 1. The van der Waals surface area contributed by atoms with Crippen molar-refractivity contribution in [3.05, 3.63) is 6.92 Å². The molecule has 1 radical (unpaired) electrons. The molecule has 2 heteroatoms. The van der Waals surface area contributed by atoms with Crippen molar-refractivity contribution in [2.24, 2.45) is 5.73 Å². The summed E-state index contributed by atoms with van der Waals surface area (Å²) in [6, 6.07) is 0. The van der Waals surface area contributed by atoms with Crippen LogP contribution in [-0.4, -0.2) is 5.84 Å². The van der Waals surface area contributed by atoms with E-state index in [0.717, 1.165) is 0 Å². The van der Waals surface area contributed by atoms with Crippen molar-refractivity contribution in [2.75, 3.05) is 0 Å². The second-order valence-corrected chi connectivity index (χ2v) is 0.525. The minimum Gasteiger partial charge on any atom is -0.388 e. The highest BCUT2D eigenvalue weighted by Gasteiger charge is 1.54. The monoisotopic (exact) mass is 57.0 g/mol. The molecule has 23 valence electrons. The maximum absolute atomic E-state index is 6.17. The molecular formula is C2H5N2. The molecule has 0 unspecified atom stereocenters. The third-order valence-corrected chi connectivity index (χ3v) is 0. The first kappa shape index (κ1) is 3.47. The average Bonchev–Trinajstić information content (AvgIpc) is 0.811. The van der Waals surface area contributed by atoms with Crippen LogP contribution in [0.5, 0.6) is 0 Å². The van der Waals surface area contributed by atoms with Gasteiger partial charge in [0.05, 0.1) is 5.84 Å². The number of nitrogens with two attached hydrogens (primary N) is 1. The number of amidine groups is 1. The summed E-state index contributed by atoms with van der Waals surface area (Å²) in [5.74, 6) is -0.0833. The lowest BCUT2D eigenvalue weighted by Gasteiger charge is -1.66. The molecule has 0 amide bonds. The van der Waals surface area contributed by atoms with Gasteiger partial charge < -0.3 is 5.73 Å². The molecular weight excluding hydrogens is 52.0 g/mol. The molecule has 0 atom stereocenters. The fraction of sp³-hybridized carbons (Fsp3) is 0. The van der Waals surface area contributed by atoms with Crippen molar-refractivity contribution in [3.8, 4) is 0 Å². The topological polar surface area (TPSA) is 49.9 Å². The van der Waals surface area contributed by atoms with Crippen molar-refractivity contribution in [2.45, 2.75) is 0 Å². The third kappa shape index (κ3) is 1.16. The van der Waals surface area contributed by atoms with Crippen LogP contribution in [0, 0.1) is 12.3 Å². The quantitative estimate of drug-likeness (QED) is 0.292. The fourth-order valence-corrected chi connectivity index (χ4v) is 0. The minimum absolute atomic E-state index is 0.0833. The van der Waals surface area contributed by atoms with Crippen LogP contribution in [0.3, 0.4) is 0 Å². The summed E-state index contributed by atoms with van der Waals surface area (Å²) in [5, 5.41) is 6.17. The van der Waals surface area contributed by atoms with Crippen molar-refractivity contribution in [3.63, 3.8) is 0 Å². The van der Waals surface area contributed by atoms with E-state index in [0.29, 0.717) is 0 Å². The Bertz CT molecular complexity index is 27.0. The summed E-state index contributed by atoms with van der Waals surface area (Å²) < 4.78 is 0. The lowest BCUT2D eigenvalue weighted by atomic mass is 10.8. The van der Waals surface area contributed by atoms with Crippen LogP contribution in [0.4, 0.5) is 0 Å². The molecule has 0 aliphatic heterocycles. The van der Waals surface area contributed by atoms with E-state index in [1.807, 2.05) is 0 Å². The Kier molecular flexibility index (Phi) is 0.759. The van der Waals surface area contributed by atoms with Crippen LogP contribution >= 0.6 is 0 Å². The van der Waals surface area contributed by atoms with Crippen LogP contribution in [0.1, 0.15) is 0 Å². The Labute approximate surface area is 25.1 Å². The zero-order chi connectivity index (χ0) is 3.58. The first-order valence-electron chi connectivity index (χ1n) is 0.892. The number of rotatable bonds is 0. The predicted octanol–water partition coefficient (Wildman–Crippen LogP) is -0.244. The second kappa shape index (κ2) is 0.875. The van der Waals surface area contributed by atoms with Gasteiger partial charge in [-0.15, -0.1) is 0 Å². The van der Waals surface area contributed by atoms with E-state index in [-0.39, 0.29) is 5.84 Å². The Hall–Kier alpha value is -0.530. The summed E-state index contributed by atoms with van der Waals surface area (Å²) in [6.45, 7) is 3.00. The molecule has 0 aliphatic rings. The molecule has 0 spiro atoms. The lowest BCUT2D eigenvalue weighted by molar-refractivity contribution is 1.47. The van der Waals surface area contributed by atoms with Crippen LogP contribution in [-0.2, 0) is 0 Å². The molecule has 3 N–H and O–H groups in total. The average molecular weight is 57.1 g/mol. The Morgan fingerprint density at radius 3 is 2.00 bits per heavy atom. The van der Waals surface area contributed by atoms with Gasteiger partial charge in [-0.05, 0) is 0 Å². The summed E-state index contributed by atoms with van der Waals surface area (Å²) in [7, 11) is 0. The Morgan fingerprint density at radius 1 is 2.00 bits per heavy atom. The first-order valence-corrected chi connectivity index (χ1v) is 0.892. The molecule has 0 aromatic heterocycles. The van der Waals surface area contributed by atoms with Gasteiger partial charge in [0.25, 0.3) is 0 Å². The normalized spacial score (nSPS) is 6.25. The summed E-state index contributed by atoms with van der Waals surface area (Å²) in [4.78, 5) is 0. The summed E-state index contributed by atoms with van der Waals surface area (Å²) >= 11 is 0. The molecule has 0 aliphatic carbocycles. The highest BCUT2D eigenvalue weighted by Crippen LogP contribution is 1.34. The van der Waals surface area contributed by atoms with Gasteiger partial charge in [0.15, 0.2) is 0 Å². The van der Waals surface area contributed by atoms with Crippen molar-refractivity contribution in [1.82, 2.24) is 0 Å². The first-order chi connectivity index (χ1) is 1.73. The predicted molar refractivity (Wildman–Crippen MR) is 17.3 cm³/mol. The van der Waals surface area contributed by atoms with Crippen molar-refractivity contribution < 1.29 is 0 Å². The molecule has 2 nitrogen and oxygen atoms in total. The molecule has 4 heavy (non-hydrogen) atoms. The van der Waals surface area contributed by atoms with Crippen molar-refractivity contribution in [1.29, 1.82) is 5.41 Å². The molecule has 0 bridgehead atoms. The minimum atomic E-state index is -0.0833. The largest absolute Gasteiger partial charge is 0.388 e. The highest BCUT2D eigenvalue weighted by atomic mass is 14.7. The van der Waals surface area contributed by atoms with Crippen LogP contribution in [0.15, 0.2) is 0 Å². The van der Waals surface area contributed by atoms with Crippen LogP contribution < -0.4 is 5.73 Å². The lowest BCUT2D eigenvalue weighted by Crippen LogP contribution is -2.01. The standard InChI is InChI=1S/C2H5N2/c1-2(3)4/h1H2,(H3,3,4). The smallest absolute Gasteiger partial charge is 0.0909 e. The maximum atomic E-state index is 6.17. The Morgan fingerprint density at radius 2 is 2.00 bits per heavy atom. The van der Waals surface area contributed by atoms with Crippen LogP contribution in [0.25, 0.3) is 0 Å². The van der Waals surface area contributed by atoms with Gasteiger partial charge in [0.2, 0.25) is 0 Å². The van der Waals surface area contributed by atoms with Crippen LogP contribution in [0.2, 0.25) is 0 Å². The van der Waals surface area contributed by atoms with Gasteiger partial charge in [-0.1, -0.05) is 0 Å². The van der Waals surface area contributed by atoms with Gasteiger partial charge in [-0.25, -0.2) is 0 Å². The third-order valence-electron chi connectivity index (χ3n) is 0. The SMILES string of the molecule is [CH2]C(=N)N. The highest BCUT2D eigenvalue weighted by molar-refractivity contribution is 5.80. The molecule has 0 aromatic rings. The molecule has 0 saturated carbocycles. The van der Waals surface area contributed by atoms with E-state index in [1.165, 1.54) is 0 Å². The maximum Gasteiger partial charge on any atom is 0.0909 e. The zero-order valence-corrected chi connectivity index (χ0v) is 2.28. The van der Waals surface area contributed by atoms with Gasteiger partial charge in [-0.3, -0.25) is 5.41 Å². The molecule has 0 saturated heterocycles. The fourth-order valence-electron chi connectivity index (χ4n) is 0. The summed E-state index contributed by atoms with van der Waals surface area (Å²) in [6.07, 6.45) is 0. The van der Waals surface area contributed by atoms with E-state index in [1.54, 1.807) is 0 Å². The van der Waals surface area contributed by atoms with Gasteiger partial charge >= 0.3 is 0 Å². The van der Waals surface area contributed by atoms with Gasteiger partial charge in [-0.2, -0.15) is 0 Å². The molecule has 0 aromatic carbocycles. The van der Waals surface area contributed by atoms with E-state index < -0.39 is 0 Å². The van der Waals surface area contributed by atoms with Gasteiger partial charge in [0.1, 0.15) is 0 Å². The number of hydrogen-bond donors (Lipinski definition) is 2. The molecule has 0 heterocycles. The van der Waals surface area contributed by atoms with E-state index in [4.69, 9.17) is 5.41 Å². The van der Waals surface area contributed by atoms with Gasteiger partial charge in [0, 0.05) is 6.92 Å². The zero-order valence-electron chi connectivity index (χ0n) is 2.28. The second-order valence-electron chi connectivity index (χ2n) is 0.525. The number of hydrogen-bond acceptors (Lipinski definition) is 1. The molecule has 0 rings (SSSR count). The van der Waals surface area contributed by atoms with E-state index in [2.05, 4.69) is 12.7 Å². The van der Waals surface area contributed by atoms with E-state index in [9.17, 15) is 0 Å².